The van der Waals surface area contributed by atoms with Gasteiger partial charge in [0.15, 0.2) is 8.32 Å². The molecule has 210 valence electrons. The maximum atomic E-state index is 11.6. The molecule has 1 aliphatic heterocycles. The molecule has 0 aromatic heterocycles. The molecule has 3 atom stereocenters. The fraction of sp³-hybridized carbons (Fsp3) is 0.581. The van der Waals surface area contributed by atoms with Crippen LogP contribution in [0.1, 0.15) is 67.2 Å². The van der Waals surface area contributed by atoms with Crippen LogP contribution in [0.15, 0.2) is 60.7 Å². The molecule has 0 saturated carbocycles. The van der Waals surface area contributed by atoms with E-state index in [9.17, 15) is 9.90 Å². The monoisotopic (exact) mass is 556 g/mol. The lowest BCUT2D eigenvalue weighted by Crippen LogP contribution is -2.66. The number of carbonyl (C=O) groups is 1. The van der Waals surface area contributed by atoms with E-state index < -0.39 is 22.6 Å². The molecule has 1 fully saturated rings. The van der Waals surface area contributed by atoms with Gasteiger partial charge in [-0.25, -0.2) is 0 Å². The average Bonchev–Trinajstić information content (AvgIpc) is 2.80. The lowest BCUT2D eigenvalue weighted by molar-refractivity contribution is -0.147. The Hall–Kier alpha value is -1.78. The minimum absolute atomic E-state index is 0.00340. The lowest BCUT2D eigenvalue weighted by Gasteiger charge is -2.44. The van der Waals surface area contributed by atoms with Gasteiger partial charge in [-0.1, -0.05) is 102 Å². The number of hydrogen-bond donors (Lipinski definition) is 1. The first-order valence-corrected chi connectivity index (χ1v) is 18.8. The van der Waals surface area contributed by atoms with Gasteiger partial charge in [0.25, 0.3) is 8.32 Å². The third kappa shape index (κ3) is 7.24. The van der Waals surface area contributed by atoms with Gasteiger partial charge in [-0.05, 0) is 52.8 Å². The number of rotatable bonds is 10. The first kappa shape index (κ1) is 30.8. The molecule has 2 aromatic carbocycles. The van der Waals surface area contributed by atoms with Crippen LogP contribution in [-0.2, 0) is 18.4 Å². The van der Waals surface area contributed by atoms with Crippen LogP contribution >= 0.6 is 0 Å². The molecule has 1 saturated heterocycles. The van der Waals surface area contributed by atoms with Gasteiger partial charge in [-0.15, -0.1) is 0 Å². The number of hydrogen-bond acceptors (Lipinski definition) is 4. The zero-order valence-corrected chi connectivity index (χ0v) is 26.6. The summed E-state index contributed by atoms with van der Waals surface area (Å²) < 4.78 is 20.2. The fourth-order valence-corrected chi connectivity index (χ4v) is 11.3. The number of ether oxygens (including phenoxy) is 1. The highest BCUT2D eigenvalue weighted by molar-refractivity contribution is 6.99. The van der Waals surface area contributed by atoms with Crippen molar-refractivity contribution in [1.82, 2.24) is 0 Å². The van der Waals surface area contributed by atoms with Crippen LogP contribution in [0.4, 0.5) is 0 Å². The van der Waals surface area contributed by atoms with Crippen LogP contribution in [-0.4, -0.2) is 52.6 Å². The van der Waals surface area contributed by atoms with E-state index in [-0.39, 0.29) is 34.8 Å². The molecule has 0 radical (unpaired) electrons. The van der Waals surface area contributed by atoms with Gasteiger partial charge in [-0.2, -0.15) is 0 Å². The third-order valence-electron chi connectivity index (χ3n) is 8.28. The Labute approximate surface area is 232 Å². The first-order chi connectivity index (χ1) is 17.7. The normalized spacial score (nSPS) is 21.3. The predicted molar refractivity (Wildman–Crippen MR) is 160 cm³/mol. The molecule has 1 aliphatic rings. The SMILES string of the molecule is CC(C)(C)[Si](C)(C)O[C@H]1C[C@H](CCO[Si](c2ccccc2)(c2ccccc2)C(C)(C)C)O[C@@H](CC(=O)O)C1. The lowest BCUT2D eigenvalue weighted by atomic mass is 9.98. The summed E-state index contributed by atoms with van der Waals surface area (Å²) in [6, 6.07) is 21.3. The molecule has 0 unspecified atom stereocenters. The average molecular weight is 557 g/mol. The fourth-order valence-electron chi connectivity index (χ4n) is 5.37. The molecule has 2 aromatic rings. The van der Waals surface area contributed by atoms with Gasteiger partial charge in [0.05, 0.1) is 18.6 Å². The number of aliphatic carboxylic acids is 1. The van der Waals surface area contributed by atoms with Gasteiger partial charge in [0, 0.05) is 12.7 Å². The molecule has 0 aliphatic carbocycles. The molecule has 3 rings (SSSR count). The molecule has 5 nitrogen and oxygen atoms in total. The molecule has 0 bridgehead atoms. The van der Waals surface area contributed by atoms with Crippen molar-refractivity contribution in [3.63, 3.8) is 0 Å². The largest absolute Gasteiger partial charge is 0.481 e. The highest BCUT2D eigenvalue weighted by Gasteiger charge is 2.50. The third-order valence-corrected chi connectivity index (χ3v) is 17.9. The Morgan fingerprint density at radius 2 is 1.37 bits per heavy atom. The maximum Gasteiger partial charge on any atom is 0.305 e. The van der Waals surface area contributed by atoms with E-state index in [1.807, 2.05) is 0 Å². The Morgan fingerprint density at radius 3 is 1.82 bits per heavy atom. The first-order valence-electron chi connectivity index (χ1n) is 14.0. The van der Waals surface area contributed by atoms with E-state index >= 15 is 0 Å². The van der Waals surface area contributed by atoms with E-state index in [0.29, 0.717) is 19.4 Å². The molecule has 0 spiro atoms. The smallest absolute Gasteiger partial charge is 0.305 e. The van der Waals surface area contributed by atoms with Gasteiger partial charge in [-0.3, -0.25) is 4.79 Å². The highest BCUT2D eigenvalue weighted by Crippen LogP contribution is 2.40. The van der Waals surface area contributed by atoms with Crippen molar-refractivity contribution in [2.75, 3.05) is 6.61 Å². The summed E-state index contributed by atoms with van der Waals surface area (Å²) in [7, 11) is -4.62. The van der Waals surface area contributed by atoms with Gasteiger partial charge < -0.3 is 18.7 Å². The topological polar surface area (TPSA) is 65.0 Å². The zero-order valence-electron chi connectivity index (χ0n) is 24.6. The van der Waals surface area contributed by atoms with Crippen molar-refractivity contribution in [3.8, 4) is 0 Å². The van der Waals surface area contributed by atoms with Crippen molar-refractivity contribution < 1.29 is 23.5 Å². The van der Waals surface area contributed by atoms with E-state index in [0.717, 1.165) is 6.42 Å². The minimum atomic E-state index is -2.63. The second-order valence-corrected chi connectivity index (χ2v) is 22.3. The number of carboxylic acid groups (broad SMARTS) is 1. The van der Waals surface area contributed by atoms with E-state index in [2.05, 4.69) is 115 Å². The maximum absolute atomic E-state index is 11.6. The molecule has 0 amide bonds. The Morgan fingerprint density at radius 1 is 0.868 bits per heavy atom. The second-order valence-electron chi connectivity index (χ2n) is 13.2. The molecule has 1 N–H and O–H groups in total. The van der Waals surface area contributed by atoms with Crippen molar-refractivity contribution in [2.45, 2.75) is 109 Å². The van der Waals surface area contributed by atoms with E-state index in [1.54, 1.807) is 0 Å². The summed E-state index contributed by atoms with van der Waals surface area (Å²) in [6.07, 6.45) is 1.68. The van der Waals surface area contributed by atoms with Crippen LogP contribution in [0.5, 0.6) is 0 Å². The van der Waals surface area contributed by atoms with Crippen LogP contribution in [0, 0.1) is 0 Å². The predicted octanol–water partition coefficient (Wildman–Crippen LogP) is 6.37. The summed E-state index contributed by atoms with van der Waals surface area (Å²) in [5.41, 5.74) is 0. The molecule has 38 heavy (non-hydrogen) atoms. The van der Waals surface area contributed by atoms with Crippen LogP contribution < -0.4 is 10.4 Å². The number of benzene rings is 2. The van der Waals surface area contributed by atoms with Crippen LogP contribution in [0.2, 0.25) is 23.2 Å². The summed E-state index contributed by atoms with van der Waals surface area (Å²) in [5, 5.41) is 12.0. The quantitative estimate of drug-likeness (QED) is 0.345. The van der Waals surface area contributed by atoms with Gasteiger partial charge in [0.2, 0.25) is 0 Å². The minimum Gasteiger partial charge on any atom is -0.481 e. The van der Waals surface area contributed by atoms with Gasteiger partial charge in [0.1, 0.15) is 0 Å². The van der Waals surface area contributed by atoms with Crippen LogP contribution in [0.25, 0.3) is 0 Å². The number of carboxylic acids is 1. The summed E-state index contributed by atoms with van der Waals surface area (Å²) in [4.78, 5) is 11.6. The van der Waals surface area contributed by atoms with Gasteiger partial charge >= 0.3 is 5.97 Å². The molecular weight excluding hydrogens is 509 g/mol. The molecule has 1 heterocycles. The summed E-state index contributed by atoms with van der Waals surface area (Å²) in [6.45, 7) is 18.6. The Balaban J connectivity index is 1.83. The Bertz CT molecular complexity index is 988. The van der Waals surface area contributed by atoms with E-state index in [1.165, 1.54) is 10.4 Å². The van der Waals surface area contributed by atoms with Crippen LogP contribution in [0.3, 0.4) is 0 Å². The molecular formula is C31H48O5Si2. The summed E-state index contributed by atoms with van der Waals surface area (Å²) in [5.74, 6) is -0.828. The summed E-state index contributed by atoms with van der Waals surface area (Å²) >= 11 is 0. The standard InChI is InChI=1S/C31H48O5Si2/c1-30(2,3)37(7,8)36-26-21-24(35-25(22-26)23-29(32)33)19-20-34-38(31(4,5)6,27-15-11-9-12-16-27)28-17-13-10-14-18-28/h9-18,24-26H,19-23H2,1-8H3,(H,32,33)/t24-,25+,26-/m0/s1. The highest BCUT2D eigenvalue weighted by atomic mass is 28.4. The second kappa shape index (κ2) is 12.2. The van der Waals surface area contributed by atoms with E-state index in [4.69, 9.17) is 13.6 Å². The van der Waals surface area contributed by atoms with Crippen molar-refractivity contribution in [3.05, 3.63) is 60.7 Å². The molecule has 7 heteroatoms. The zero-order chi connectivity index (χ0) is 28.2. The van der Waals surface area contributed by atoms with Crippen molar-refractivity contribution in [2.24, 2.45) is 0 Å². The Kier molecular flexibility index (Phi) is 9.85. The van der Waals surface area contributed by atoms with Crippen molar-refractivity contribution >= 4 is 33.0 Å². The van der Waals surface area contributed by atoms with Crippen molar-refractivity contribution in [1.29, 1.82) is 0 Å².